The zero-order chi connectivity index (χ0) is 13.7. The smallest absolute Gasteiger partial charge is 0.121 e. The van der Waals surface area contributed by atoms with Crippen LogP contribution in [0.1, 0.15) is 28.3 Å². The summed E-state index contributed by atoms with van der Waals surface area (Å²) >= 11 is 0. The SMILES string of the molecule is Cc1ccc(C(C#N)NCc2ccccc2C)cc1. The minimum Gasteiger partial charge on any atom is -0.294 e. The Hall–Kier alpha value is -2.11. The van der Waals surface area contributed by atoms with Gasteiger partial charge in [0.15, 0.2) is 0 Å². The molecule has 0 bridgehead atoms. The Balaban J connectivity index is 2.07. The van der Waals surface area contributed by atoms with Gasteiger partial charge in [-0.3, -0.25) is 5.32 Å². The molecule has 0 radical (unpaired) electrons. The minimum atomic E-state index is -0.264. The van der Waals surface area contributed by atoms with E-state index in [-0.39, 0.29) is 6.04 Å². The maximum atomic E-state index is 9.28. The van der Waals surface area contributed by atoms with Crippen molar-refractivity contribution in [2.45, 2.75) is 26.4 Å². The average Bonchev–Trinajstić information content (AvgIpc) is 2.43. The van der Waals surface area contributed by atoms with Crippen LogP contribution >= 0.6 is 0 Å². The van der Waals surface area contributed by atoms with E-state index in [1.807, 2.05) is 43.3 Å². The average molecular weight is 250 g/mol. The molecule has 0 saturated carbocycles. The lowest BCUT2D eigenvalue weighted by molar-refractivity contribution is 0.628. The van der Waals surface area contributed by atoms with Crippen LogP contribution in [0.5, 0.6) is 0 Å². The number of aryl methyl sites for hydroxylation is 2. The van der Waals surface area contributed by atoms with Crippen molar-refractivity contribution in [2.24, 2.45) is 0 Å². The largest absolute Gasteiger partial charge is 0.294 e. The van der Waals surface area contributed by atoms with Gasteiger partial charge in [0, 0.05) is 6.54 Å². The minimum absolute atomic E-state index is 0.264. The van der Waals surface area contributed by atoms with E-state index in [2.05, 4.69) is 30.4 Å². The summed E-state index contributed by atoms with van der Waals surface area (Å²) in [5, 5.41) is 12.6. The molecule has 2 nitrogen and oxygen atoms in total. The molecule has 2 aromatic rings. The van der Waals surface area contributed by atoms with Gasteiger partial charge in [0.2, 0.25) is 0 Å². The van der Waals surface area contributed by atoms with Crippen molar-refractivity contribution < 1.29 is 0 Å². The highest BCUT2D eigenvalue weighted by atomic mass is 14.9. The third kappa shape index (κ3) is 3.43. The Morgan fingerprint density at radius 3 is 2.37 bits per heavy atom. The molecule has 1 atom stereocenters. The first-order valence-corrected chi connectivity index (χ1v) is 6.45. The fourth-order valence-electron chi connectivity index (χ4n) is 2.02. The maximum Gasteiger partial charge on any atom is 0.121 e. The number of nitrogens with zero attached hydrogens (tertiary/aromatic N) is 1. The van der Waals surface area contributed by atoms with Gasteiger partial charge in [-0.05, 0) is 30.5 Å². The Morgan fingerprint density at radius 2 is 1.74 bits per heavy atom. The molecule has 2 rings (SSSR count). The van der Waals surface area contributed by atoms with Crippen LogP contribution in [0.4, 0.5) is 0 Å². The lowest BCUT2D eigenvalue weighted by Gasteiger charge is -2.13. The first-order chi connectivity index (χ1) is 9.20. The van der Waals surface area contributed by atoms with E-state index in [9.17, 15) is 5.26 Å². The number of hydrogen-bond acceptors (Lipinski definition) is 2. The molecule has 1 N–H and O–H groups in total. The van der Waals surface area contributed by atoms with Crippen molar-refractivity contribution in [2.75, 3.05) is 0 Å². The number of rotatable bonds is 4. The summed E-state index contributed by atoms with van der Waals surface area (Å²) < 4.78 is 0. The van der Waals surface area contributed by atoms with Gasteiger partial charge in [-0.2, -0.15) is 5.26 Å². The molecule has 2 heteroatoms. The quantitative estimate of drug-likeness (QED) is 0.899. The number of hydrogen-bond donors (Lipinski definition) is 1. The van der Waals surface area contributed by atoms with Crippen LogP contribution in [0.2, 0.25) is 0 Å². The molecule has 0 aliphatic carbocycles. The van der Waals surface area contributed by atoms with Gasteiger partial charge >= 0.3 is 0 Å². The Morgan fingerprint density at radius 1 is 1.05 bits per heavy atom. The van der Waals surface area contributed by atoms with Crippen molar-refractivity contribution in [1.82, 2.24) is 5.32 Å². The molecule has 19 heavy (non-hydrogen) atoms. The van der Waals surface area contributed by atoms with Crippen molar-refractivity contribution in [3.8, 4) is 6.07 Å². The first kappa shape index (κ1) is 13.3. The number of benzene rings is 2. The van der Waals surface area contributed by atoms with Crippen molar-refractivity contribution in [3.05, 3.63) is 70.8 Å². The molecular weight excluding hydrogens is 232 g/mol. The molecule has 1 unspecified atom stereocenters. The third-order valence-corrected chi connectivity index (χ3v) is 3.30. The Kier molecular flexibility index (Phi) is 4.33. The van der Waals surface area contributed by atoms with E-state index in [4.69, 9.17) is 0 Å². The number of nitrogens with one attached hydrogen (secondary N) is 1. The highest BCUT2D eigenvalue weighted by molar-refractivity contribution is 5.29. The van der Waals surface area contributed by atoms with E-state index in [0.717, 1.165) is 5.56 Å². The summed E-state index contributed by atoms with van der Waals surface area (Å²) in [4.78, 5) is 0. The van der Waals surface area contributed by atoms with Gasteiger partial charge in [0.25, 0.3) is 0 Å². The lowest BCUT2D eigenvalue weighted by Crippen LogP contribution is -2.19. The first-order valence-electron chi connectivity index (χ1n) is 6.45. The fraction of sp³-hybridized carbons (Fsp3) is 0.235. The molecule has 0 spiro atoms. The van der Waals surface area contributed by atoms with Gasteiger partial charge in [0.1, 0.15) is 6.04 Å². The van der Waals surface area contributed by atoms with E-state index >= 15 is 0 Å². The summed E-state index contributed by atoms with van der Waals surface area (Å²) in [6.45, 7) is 4.84. The molecule has 0 fully saturated rings. The summed E-state index contributed by atoms with van der Waals surface area (Å²) in [6, 6.07) is 18.4. The molecule has 0 aliphatic rings. The number of nitriles is 1. The predicted octanol–water partition coefficient (Wildman–Crippen LogP) is 3.66. The summed E-state index contributed by atoms with van der Waals surface area (Å²) in [5.74, 6) is 0. The molecule has 0 heterocycles. The summed E-state index contributed by atoms with van der Waals surface area (Å²) in [7, 11) is 0. The maximum absolute atomic E-state index is 9.28. The van der Waals surface area contributed by atoms with E-state index < -0.39 is 0 Å². The standard InChI is InChI=1S/C17H18N2/c1-13-7-9-15(10-8-13)17(11-18)19-12-16-6-4-3-5-14(16)2/h3-10,17,19H,12H2,1-2H3. The van der Waals surface area contributed by atoms with Crippen LogP contribution in [0.15, 0.2) is 48.5 Å². The molecule has 0 amide bonds. The van der Waals surface area contributed by atoms with Crippen molar-refractivity contribution in [1.29, 1.82) is 5.26 Å². The van der Waals surface area contributed by atoms with Gasteiger partial charge in [0.05, 0.1) is 6.07 Å². The van der Waals surface area contributed by atoms with Crippen LogP contribution in [0.25, 0.3) is 0 Å². The molecule has 2 aromatic carbocycles. The van der Waals surface area contributed by atoms with Crippen LogP contribution < -0.4 is 5.32 Å². The second-order valence-electron chi connectivity index (χ2n) is 4.78. The fourth-order valence-corrected chi connectivity index (χ4v) is 2.02. The topological polar surface area (TPSA) is 35.8 Å². The van der Waals surface area contributed by atoms with Crippen LogP contribution in [-0.2, 0) is 6.54 Å². The third-order valence-electron chi connectivity index (χ3n) is 3.30. The van der Waals surface area contributed by atoms with Crippen LogP contribution in [0.3, 0.4) is 0 Å². The monoisotopic (exact) mass is 250 g/mol. The molecule has 0 saturated heterocycles. The van der Waals surface area contributed by atoms with Crippen molar-refractivity contribution in [3.63, 3.8) is 0 Å². The lowest BCUT2D eigenvalue weighted by atomic mass is 10.0. The van der Waals surface area contributed by atoms with Crippen LogP contribution in [0, 0.1) is 25.2 Å². The molecule has 0 aliphatic heterocycles. The van der Waals surface area contributed by atoms with Crippen molar-refractivity contribution >= 4 is 0 Å². The zero-order valence-electron chi connectivity index (χ0n) is 11.4. The normalized spacial score (nSPS) is 11.8. The van der Waals surface area contributed by atoms with E-state index in [1.165, 1.54) is 16.7 Å². The van der Waals surface area contributed by atoms with E-state index in [0.29, 0.717) is 6.54 Å². The second kappa shape index (κ2) is 6.17. The van der Waals surface area contributed by atoms with Gasteiger partial charge in [-0.15, -0.1) is 0 Å². The Bertz CT molecular complexity index is 579. The summed E-state index contributed by atoms with van der Waals surface area (Å²) in [5.41, 5.74) is 4.70. The van der Waals surface area contributed by atoms with Gasteiger partial charge in [-0.1, -0.05) is 54.1 Å². The highest BCUT2D eigenvalue weighted by Crippen LogP contribution is 2.15. The molecule has 96 valence electrons. The summed E-state index contributed by atoms with van der Waals surface area (Å²) in [6.07, 6.45) is 0. The molecule has 0 aromatic heterocycles. The Labute approximate surface area is 114 Å². The zero-order valence-corrected chi connectivity index (χ0v) is 11.4. The predicted molar refractivity (Wildman–Crippen MR) is 77.6 cm³/mol. The highest BCUT2D eigenvalue weighted by Gasteiger charge is 2.09. The van der Waals surface area contributed by atoms with Gasteiger partial charge < -0.3 is 0 Å². The molecular formula is C17H18N2. The van der Waals surface area contributed by atoms with E-state index in [1.54, 1.807) is 0 Å². The van der Waals surface area contributed by atoms with Crippen LogP contribution in [-0.4, -0.2) is 0 Å². The van der Waals surface area contributed by atoms with Gasteiger partial charge in [-0.25, -0.2) is 0 Å². The second-order valence-corrected chi connectivity index (χ2v) is 4.78.